The predicted octanol–water partition coefficient (Wildman–Crippen LogP) is 21.0. The molecule has 0 bridgehead atoms. The summed E-state index contributed by atoms with van der Waals surface area (Å²) in [4.78, 5) is 12.5. The van der Waals surface area contributed by atoms with Gasteiger partial charge in [0.15, 0.2) is 0 Å². The van der Waals surface area contributed by atoms with Crippen molar-refractivity contribution in [2.75, 3.05) is 6.61 Å². The zero-order valence-corrected chi connectivity index (χ0v) is 46.7. The van der Waals surface area contributed by atoms with Gasteiger partial charge in [-0.15, -0.1) is 0 Å². The van der Waals surface area contributed by atoms with Crippen LogP contribution in [0, 0.1) is 0 Å². The summed E-state index contributed by atoms with van der Waals surface area (Å²) in [6.45, 7) is 4.34. The molecule has 2 atom stereocenters. The Kier molecular flexibility index (Phi) is 59.2. The molecule has 0 fully saturated rings. The van der Waals surface area contributed by atoms with E-state index in [1.54, 1.807) is 6.08 Å². The fourth-order valence-corrected chi connectivity index (χ4v) is 10.1. The van der Waals surface area contributed by atoms with Crippen molar-refractivity contribution >= 4 is 5.91 Å². The Morgan fingerprint density at radius 1 is 0.338 bits per heavy atom. The summed E-state index contributed by atoms with van der Waals surface area (Å²) in [7, 11) is 0. The van der Waals surface area contributed by atoms with Crippen LogP contribution < -0.4 is 5.32 Å². The molecule has 4 nitrogen and oxygen atoms in total. The Hall–Kier alpha value is -1.13. The van der Waals surface area contributed by atoms with Crippen molar-refractivity contribution in [1.82, 2.24) is 5.32 Å². The van der Waals surface area contributed by atoms with Crippen LogP contribution in [0.3, 0.4) is 0 Å². The van der Waals surface area contributed by atoms with Crippen LogP contribution in [0.25, 0.3) is 0 Å². The van der Waals surface area contributed by atoms with Crippen molar-refractivity contribution in [3.63, 3.8) is 0 Å². The molecule has 68 heavy (non-hydrogen) atoms. The first-order valence-corrected chi connectivity index (χ1v) is 31.6. The van der Waals surface area contributed by atoms with Crippen molar-refractivity contribution in [2.24, 2.45) is 0 Å². The van der Waals surface area contributed by atoms with Gasteiger partial charge in [0.25, 0.3) is 0 Å². The summed E-state index contributed by atoms with van der Waals surface area (Å²) in [5.41, 5.74) is 0. The SMILES string of the molecule is CCCCCCCCCCCCCCCC/C=C/CC/C=C/C(O)C(CO)NC(=O)CCCCCCCCCCCCCCCCCCCCCCCCCCCCCCCCCCCCCC. The number of amides is 1. The lowest BCUT2D eigenvalue weighted by atomic mass is 10.0. The maximum atomic E-state index is 12.5. The lowest BCUT2D eigenvalue weighted by Crippen LogP contribution is -2.45. The first kappa shape index (κ1) is 66.9. The summed E-state index contributed by atoms with van der Waals surface area (Å²) in [6, 6.07) is -0.637. The smallest absolute Gasteiger partial charge is 0.220 e. The number of nitrogens with one attached hydrogen (secondary N) is 1. The molecule has 0 radical (unpaired) electrons. The minimum absolute atomic E-state index is 0.0656. The molecule has 1 amide bonds. The number of aliphatic hydroxyl groups excluding tert-OH is 2. The number of hydrogen-bond donors (Lipinski definition) is 3. The number of rotatable bonds is 59. The quantitative estimate of drug-likeness (QED) is 0.0420. The summed E-state index contributed by atoms with van der Waals surface area (Å²) < 4.78 is 0. The maximum absolute atomic E-state index is 12.5. The Balaban J connectivity index is 3.41. The molecule has 0 aliphatic carbocycles. The van der Waals surface area contributed by atoms with Crippen LogP contribution in [0.15, 0.2) is 24.3 Å². The highest BCUT2D eigenvalue weighted by atomic mass is 16.3. The Morgan fingerprint density at radius 2 is 0.574 bits per heavy atom. The van der Waals surface area contributed by atoms with Gasteiger partial charge >= 0.3 is 0 Å². The molecule has 0 aromatic rings. The van der Waals surface area contributed by atoms with Crippen LogP contribution in [0.1, 0.15) is 361 Å². The largest absolute Gasteiger partial charge is 0.394 e. The van der Waals surface area contributed by atoms with Gasteiger partial charge in [0.1, 0.15) is 0 Å². The Labute approximate surface area is 428 Å². The number of hydrogen-bond acceptors (Lipinski definition) is 3. The molecule has 4 heteroatoms. The monoisotopic (exact) mass is 956 g/mol. The Morgan fingerprint density at radius 3 is 0.853 bits per heavy atom. The van der Waals surface area contributed by atoms with Gasteiger partial charge in [0.05, 0.1) is 18.8 Å². The minimum Gasteiger partial charge on any atom is -0.394 e. The van der Waals surface area contributed by atoms with E-state index in [0.29, 0.717) is 6.42 Å². The summed E-state index contributed by atoms with van der Waals surface area (Å²) in [5, 5.41) is 23.2. The third-order valence-corrected chi connectivity index (χ3v) is 14.9. The van der Waals surface area contributed by atoms with Crippen molar-refractivity contribution in [3.8, 4) is 0 Å². The average Bonchev–Trinajstić information content (AvgIpc) is 3.34. The maximum Gasteiger partial charge on any atom is 0.220 e. The fraction of sp³-hybridized carbons (Fsp3) is 0.922. The van der Waals surface area contributed by atoms with Gasteiger partial charge in [-0.2, -0.15) is 0 Å². The number of carbonyl (C=O) groups excluding carboxylic acids is 1. The van der Waals surface area contributed by atoms with E-state index in [1.807, 2.05) is 6.08 Å². The van der Waals surface area contributed by atoms with Gasteiger partial charge in [-0.1, -0.05) is 346 Å². The van der Waals surface area contributed by atoms with Gasteiger partial charge in [0, 0.05) is 6.42 Å². The first-order chi connectivity index (χ1) is 33.7. The van der Waals surface area contributed by atoms with Gasteiger partial charge in [0.2, 0.25) is 5.91 Å². The lowest BCUT2D eigenvalue weighted by Gasteiger charge is -2.19. The molecule has 0 aromatic heterocycles. The van der Waals surface area contributed by atoms with E-state index in [-0.39, 0.29) is 12.5 Å². The highest BCUT2D eigenvalue weighted by molar-refractivity contribution is 5.76. The molecule has 0 aromatic carbocycles. The molecule has 2 unspecified atom stereocenters. The third-order valence-electron chi connectivity index (χ3n) is 14.9. The van der Waals surface area contributed by atoms with Crippen LogP contribution in [0.4, 0.5) is 0 Å². The van der Waals surface area contributed by atoms with Crippen LogP contribution >= 0.6 is 0 Å². The average molecular weight is 957 g/mol. The van der Waals surface area contributed by atoms with E-state index in [2.05, 4.69) is 31.3 Å². The lowest BCUT2D eigenvalue weighted by molar-refractivity contribution is -0.123. The standard InChI is InChI=1S/C64H125NO3/c1-3-5-7-9-11-13-15-17-19-21-23-25-26-27-28-29-30-31-32-33-34-35-36-37-38-39-40-42-44-46-48-50-52-54-56-58-60-64(68)65-62(61-66)63(67)59-57-55-53-51-49-47-45-43-41-24-22-20-18-16-14-12-10-8-6-4-2/h49,51,57,59,62-63,66-67H,3-48,50,52-56,58,60-61H2,1-2H3,(H,65,68)/b51-49+,59-57+. The second kappa shape index (κ2) is 60.2. The van der Waals surface area contributed by atoms with E-state index in [0.717, 1.165) is 32.1 Å². The van der Waals surface area contributed by atoms with Crippen molar-refractivity contribution in [3.05, 3.63) is 24.3 Å². The molecular weight excluding hydrogens is 831 g/mol. The first-order valence-electron chi connectivity index (χ1n) is 31.6. The van der Waals surface area contributed by atoms with Crippen LogP contribution in [-0.4, -0.2) is 34.9 Å². The Bertz CT molecular complexity index is 994. The minimum atomic E-state index is -0.860. The zero-order chi connectivity index (χ0) is 49.2. The highest BCUT2D eigenvalue weighted by Gasteiger charge is 2.18. The molecule has 0 aliphatic heterocycles. The molecule has 404 valence electrons. The predicted molar refractivity (Wildman–Crippen MR) is 304 cm³/mol. The van der Waals surface area contributed by atoms with Crippen LogP contribution in [0.5, 0.6) is 0 Å². The summed E-state index contributed by atoms with van der Waals surface area (Å²) in [6.07, 6.45) is 81.0. The molecule has 3 N–H and O–H groups in total. The van der Waals surface area contributed by atoms with Gasteiger partial charge in [-0.3, -0.25) is 4.79 Å². The van der Waals surface area contributed by atoms with Crippen molar-refractivity contribution in [2.45, 2.75) is 373 Å². The molecule has 0 spiro atoms. The van der Waals surface area contributed by atoms with Gasteiger partial charge < -0.3 is 15.5 Å². The van der Waals surface area contributed by atoms with E-state index in [9.17, 15) is 15.0 Å². The molecule has 0 heterocycles. The van der Waals surface area contributed by atoms with Crippen molar-refractivity contribution in [1.29, 1.82) is 0 Å². The highest BCUT2D eigenvalue weighted by Crippen LogP contribution is 2.19. The topological polar surface area (TPSA) is 69.6 Å². The van der Waals surface area contributed by atoms with E-state index in [1.165, 1.54) is 308 Å². The number of allylic oxidation sites excluding steroid dienone is 3. The van der Waals surface area contributed by atoms with Crippen LogP contribution in [0.2, 0.25) is 0 Å². The van der Waals surface area contributed by atoms with Gasteiger partial charge in [-0.25, -0.2) is 0 Å². The normalized spacial score (nSPS) is 12.8. The molecule has 0 aliphatic rings. The zero-order valence-electron chi connectivity index (χ0n) is 46.7. The number of unbranched alkanes of at least 4 members (excludes halogenated alkanes) is 50. The van der Waals surface area contributed by atoms with Crippen LogP contribution in [-0.2, 0) is 4.79 Å². The molecule has 0 saturated heterocycles. The van der Waals surface area contributed by atoms with E-state index >= 15 is 0 Å². The second-order valence-corrected chi connectivity index (χ2v) is 21.8. The summed E-state index contributed by atoms with van der Waals surface area (Å²) in [5.74, 6) is -0.0656. The molecule has 0 rings (SSSR count). The molecule has 0 saturated carbocycles. The fourth-order valence-electron chi connectivity index (χ4n) is 10.1. The number of aliphatic hydroxyl groups is 2. The second-order valence-electron chi connectivity index (χ2n) is 21.8. The van der Waals surface area contributed by atoms with E-state index in [4.69, 9.17) is 0 Å². The summed E-state index contributed by atoms with van der Waals surface area (Å²) >= 11 is 0. The number of carbonyl (C=O) groups is 1. The van der Waals surface area contributed by atoms with E-state index < -0.39 is 12.1 Å². The molecular formula is C64H125NO3. The van der Waals surface area contributed by atoms with Crippen molar-refractivity contribution < 1.29 is 15.0 Å². The third kappa shape index (κ3) is 55.8. The van der Waals surface area contributed by atoms with Gasteiger partial charge in [-0.05, 0) is 32.1 Å².